The van der Waals surface area contributed by atoms with Crippen molar-refractivity contribution in [3.63, 3.8) is 0 Å². The predicted octanol–water partition coefficient (Wildman–Crippen LogP) is 2.36. The summed E-state index contributed by atoms with van der Waals surface area (Å²) in [6.45, 7) is -0.253. The normalized spacial score (nSPS) is 20.2. The van der Waals surface area contributed by atoms with Gasteiger partial charge in [-0.05, 0) is 31.4 Å². The summed E-state index contributed by atoms with van der Waals surface area (Å²) >= 11 is 0. The van der Waals surface area contributed by atoms with E-state index >= 15 is 0 Å². The molecule has 3 aromatic heterocycles. The van der Waals surface area contributed by atoms with Gasteiger partial charge in [-0.1, -0.05) is 0 Å². The number of alkyl halides is 3. The number of pyridine rings is 1. The van der Waals surface area contributed by atoms with Crippen molar-refractivity contribution >= 4 is 22.9 Å². The summed E-state index contributed by atoms with van der Waals surface area (Å²) in [5, 5.41) is 19.1. The van der Waals surface area contributed by atoms with Crippen LogP contribution in [0.3, 0.4) is 0 Å². The number of aromatic nitrogens is 6. The number of ether oxygens (including phenoxy) is 1. The number of fused-ring (bicyclic) bond motifs is 1. The van der Waals surface area contributed by atoms with Gasteiger partial charge in [-0.3, -0.25) is 9.89 Å². The monoisotopic (exact) mass is 501 g/mol. The fourth-order valence-corrected chi connectivity index (χ4v) is 4.23. The lowest BCUT2D eigenvalue weighted by Gasteiger charge is -2.31. The molecule has 2 aliphatic rings. The summed E-state index contributed by atoms with van der Waals surface area (Å²) in [6.07, 6.45) is -0.733. The first-order chi connectivity index (χ1) is 17.3. The van der Waals surface area contributed by atoms with Gasteiger partial charge in [0.15, 0.2) is 5.65 Å². The molecule has 188 valence electrons. The number of carbonyl (C=O) groups is 1. The molecule has 5 rings (SSSR count). The molecule has 3 aromatic rings. The van der Waals surface area contributed by atoms with Crippen LogP contribution in [0.2, 0.25) is 0 Å². The van der Waals surface area contributed by atoms with Crippen molar-refractivity contribution in [2.45, 2.75) is 31.4 Å². The Kier molecular flexibility index (Phi) is 6.29. The highest BCUT2D eigenvalue weighted by atomic mass is 19.4. The van der Waals surface area contributed by atoms with Crippen LogP contribution in [0.4, 0.5) is 19.1 Å². The average molecular weight is 501 g/mol. The van der Waals surface area contributed by atoms with Gasteiger partial charge in [0, 0.05) is 42.2 Å². The highest BCUT2D eigenvalue weighted by Crippen LogP contribution is 2.38. The molecule has 2 fully saturated rings. The van der Waals surface area contributed by atoms with Crippen LogP contribution in [-0.4, -0.2) is 68.5 Å². The third-order valence-corrected chi connectivity index (χ3v) is 6.32. The van der Waals surface area contributed by atoms with Gasteiger partial charge in [-0.25, -0.2) is 4.98 Å². The standard InChI is InChI=1S/C22H22F3N9O2/c23-22(24,25)11-28-19(35)18-29-20(31-21(30-18)36-10-14-8-13(14)9-26)34-6-3-12(4-7-34)16-15-2-1-5-27-17(15)33-32-16/h1-2,5,12-14H,3-4,6-8,10-11H2,(H,28,35)(H,27,32,33)/t13-,14+/m0/s1. The molecule has 0 unspecified atom stereocenters. The lowest BCUT2D eigenvalue weighted by Crippen LogP contribution is -2.37. The van der Waals surface area contributed by atoms with Crippen molar-refractivity contribution in [2.24, 2.45) is 11.8 Å². The summed E-state index contributed by atoms with van der Waals surface area (Å²) < 4.78 is 43.3. The van der Waals surface area contributed by atoms with Gasteiger partial charge in [0.25, 0.3) is 5.91 Å². The Balaban J connectivity index is 1.31. The summed E-state index contributed by atoms with van der Waals surface area (Å²) in [6, 6.07) is 5.81. The second-order valence-electron chi connectivity index (χ2n) is 8.85. The predicted molar refractivity (Wildman–Crippen MR) is 119 cm³/mol. The van der Waals surface area contributed by atoms with Crippen LogP contribution in [-0.2, 0) is 0 Å². The molecule has 14 heteroatoms. The van der Waals surface area contributed by atoms with Crippen molar-refractivity contribution in [3.05, 3.63) is 29.8 Å². The number of anilines is 1. The van der Waals surface area contributed by atoms with Gasteiger partial charge >= 0.3 is 12.2 Å². The second kappa shape index (κ2) is 9.56. The number of nitrogens with zero attached hydrogens (tertiary/aromatic N) is 7. The first kappa shape index (κ1) is 23.7. The van der Waals surface area contributed by atoms with E-state index in [1.807, 2.05) is 17.0 Å². The number of nitrogens with one attached hydrogen (secondary N) is 2. The number of aromatic amines is 1. The number of hydrogen-bond donors (Lipinski definition) is 2. The van der Waals surface area contributed by atoms with E-state index in [9.17, 15) is 18.0 Å². The van der Waals surface area contributed by atoms with Crippen LogP contribution < -0.4 is 15.0 Å². The Hall–Kier alpha value is -4.02. The molecule has 2 N–H and O–H groups in total. The van der Waals surface area contributed by atoms with Crippen LogP contribution >= 0.6 is 0 Å². The Morgan fingerprint density at radius 2 is 2.08 bits per heavy atom. The van der Waals surface area contributed by atoms with Gasteiger partial charge in [0.05, 0.1) is 18.6 Å². The fourth-order valence-electron chi connectivity index (χ4n) is 4.23. The van der Waals surface area contributed by atoms with Crippen molar-refractivity contribution in [1.82, 2.24) is 35.5 Å². The largest absolute Gasteiger partial charge is 0.463 e. The van der Waals surface area contributed by atoms with Crippen LogP contribution in [0.15, 0.2) is 18.3 Å². The van der Waals surface area contributed by atoms with E-state index in [-0.39, 0.29) is 36.3 Å². The number of carbonyl (C=O) groups excluding carboxylic acids is 1. The average Bonchev–Trinajstić information content (AvgIpc) is 3.52. The molecule has 1 saturated heterocycles. The molecule has 1 saturated carbocycles. The summed E-state index contributed by atoms with van der Waals surface area (Å²) in [5.41, 5.74) is 1.65. The Bertz CT molecular complexity index is 1300. The zero-order chi connectivity index (χ0) is 25.3. The maximum atomic E-state index is 12.6. The van der Waals surface area contributed by atoms with Gasteiger partial charge in [0.2, 0.25) is 11.8 Å². The molecule has 1 aliphatic carbocycles. The van der Waals surface area contributed by atoms with E-state index in [1.54, 1.807) is 11.5 Å². The smallest absolute Gasteiger partial charge is 0.405 e. The molecule has 0 aromatic carbocycles. The number of nitriles is 1. The zero-order valence-electron chi connectivity index (χ0n) is 19.0. The van der Waals surface area contributed by atoms with E-state index in [0.717, 1.165) is 23.9 Å². The molecule has 4 heterocycles. The topological polar surface area (TPSA) is 146 Å². The molecule has 0 radical (unpaired) electrons. The third kappa shape index (κ3) is 5.29. The summed E-state index contributed by atoms with van der Waals surface area (Å²) in [7, 11) is 0. The highest BCUT2D eigenvalue weighted by Gasteiger charge is 2.38. The number of piperidine rings is 1. The van der Waals surface area contributed by atoms with Crippen molar-refractivity contribution in [3.8, 4) is 12.1 Å². The molecular formula is C22H22F3N9O2. The summed E-state index contributed by atoms with van der Waals surface area (Å²) in [4.78, 5) is 30.8. The third-order valence-electron chi connectivity index (χ3n) is 6.32. The van der Waals surface area contributed by atoms with Crippen molar-refractivity contribution in [1.29, 1.82) is 5.26 Å². The summed E-state index contributed by atoms with van der Waals surface area (Å²) in [5.74, 6) is -1.26. The van der Waals surface area contributed by atoms with Crippen molar-refractivity contribution in [2.75, 3.05) is 31.1 Å². The molecule has 36 heavy (non-hydrogen) atoms. The number of amides is 1. The minimum absolute atomic E-state index is 0.0344. The van der Waals surface area contributed by atoms with Crippen LogP contribution in [0.25, 0.3) is 11.0 Å². The maximum Gasteiger partial charge on any atom is 0.405 e. The Morgan fingerprint density at radius 3 is 2.81 bits per heavy atom. The molecule has 11 nitrogen and oxygen atoms in total. The quantitative estimate of drug-likeness (QED) is 0.498. The van der Waals surface area contributed by atoms with Gasteiger partial charge in [-0.2, -0.15) is 38.5 Å². The number of hydrogen-bond acceptors (Lipinski definition) is 9. The van der Waals surface area contributed by atoms with Crippen LogP contribution in [0.5, 0.6) is 6.01 Å². The minimum Gasteiger partial charge on any atom is -0.463 e. The fraction of sp³-hybridized carbons (Fsp3) is 0.500. The first-order valence-corrected chi connectivity index (χ1v) is 11.5. The molecule has 2 atom stereocenters. The Labute approximate surface area is 203 Å². The number of rotatable bonds is 7. The first-order valence-electron chi connectivity index (χ1n) is 11.5. The molecule has 1 amide bonds. The van der Waals surface area contributed by atoms with Crippen LogP contribution in [0.1, 0.15) is 41.5 Å². The molecule has 1 aliphatic heterocycles. The lowest BCUT2D eigenvalue weighted by molar-refractivity contribution is -0.123. The van der Waals surface area contributed by atoms with Gasteiger partial charge in [-0.15, -0.1) is 0 Å². The highest BCUT2D eigenvalue weighted by molar-refractivity contribution is 5.90. The van der Waals surface area contributed by atoms with Crippen LogP contribution in [0, 0.1) is 23.2 Å². The van der Waals surface area contributed by atoms with Gasteiger partial charge in [0.1, 0.15) is 6.54 Å². The number of halogens is 3. The van der Waals surface area contributed by atoms with Crippen molar-refractivity contribution < 1.29 is 22.7 Å². The molecule has 0 bridgehead atoms. The minimum atomic E-state index is -4.57. The number of H-pyrrole nitrogens is 1. The maximum absolute atomic E-state index is 12.6. The van der Waals surface area contributed by atoms with E-state index in [1.165, 1.54) is 0 Å². The van der Waals surface area contributed by atoms with E-state index in [0.29, 0.717) is 25.2 Å². The second-order valence-corrected chi connectivity index (χ2v) is 8.85. The van der Waals surface area contributed by atoms with Gasteiger partial charge < -0.3 is 15.0 Å². The molecule has 0 spiro atoms. The lowest BCUT2D eigenvalue weighted by atomic mass is 9.92. The van der Waals surface area contributed by atoms with E-state index in [2.05, 4.69) is 36.2 Å². The van der Waals surface area contributed by atoms with E-state index < -0.39 is 24.5 Å². The zero-order valence-corrected chi connectivity index (χ0v) is 19.0. The molecular weight excluding hydrogens is 479 g/mol. The van der Waals surface area contributed by atoms with E-state index in [4.69, 9.17) is 10.00 Å². The SMILES string of the molecule is N#C[C@@H]1C[C@@H]1COc1nc(C(=O)NCC(F)(F)F)nc(N2CCC(c3[nH]nc4ncccc34)CC2)n1. The Morgan fingerprint density at radius 1 is 1.28 bits per heavy atom.